The van der Waals surface area contributed by atoms with Gasteiger partial charge in [-0.25, -0.2) is 0 Å². The summed E-state index contributed by atoms with van der Waals surface area (Å²) in [6, 6.07) is 8.43. The van der Waals surface area contributed by atoms with E-state index < -0.39 is 12.0 Å². The summed E-state index contributed by atoms with van der Waals surface area (Å²) in [6.07, 6.45) is 0.145. The highest BCUT2D eigenvalue weighted by molar-refractivity contribution is 5.95. The van der Waals surface area contributed by atoms with Gasteiger partial charge in [0, 0.05) is 12.1 Å². The van der Waals surface area contributed by atoms with Crippen molar-refractivity contribution in [2.45, 2.75) is 32.8 Å². The molecule has 1 atom stereocenters. The first-order valence-corrected chi connectivity index (χ1v) is 6.07. The number of nitrogens with zero attached hydrogens (tertiary/aromatic N) is 1. The molecular formula is C14H16N2O3. The predicted octanol–water partition coefficient (Wildman–Crippen LogP) is 2.23. The van der Waals surface area contributed by atoms with Crippen molar-refractivity contribution in [3.8, 4) is 6.07 Å². The van der Waals surface area contributed by atoms with Crippen molar-refractivity contribution in [2.24, 2.45) is 0 Å². The Kier molecular flexibility index (Phi) is 5.55. The maximum atomic E-state index is 11.8. The van der Waals surface area contributed by atoms with Crippen LogP contribution in [0.5, 0.6) is 0 Å². The van der Waals surface area contributed by atoms with Crippen molar-refractivity contribution in [3.63, 3.8) is 0 Å². The zero-order valence-corrected chi connectivity index (χ0v) is 11.0. The monoisotopic (exact) mass is 260 g/mol. The summed E-state index contributed by atoms with van der Waals surface area (Å²) in [5, 5.41) is 11.3. The minimum atomic E-state index is -0.838. The Hall–Kier alpha value is -2.35. The maximum Gasteiger partial charge on any atom is 0.306 e. The number of ether oxygens (including phenoxy) is 1. The van der Waals surface area contributed by atoms with Crippen LogP contribution in [-0.4, -0.2) is 18.0 Å². The molecule has 0 aromatic heterocycles. The van der Waals surface area contributed by atoms with Crippen molar-refractivity contribution in [1.29, 1.82) is 5.26 Å². The molecule has 0 spiro atoms. The fourth-order valence-electron chi connectivity index (χ4n) is 1.39. The largest absolute Gasteiger partial charge is 0.453 e. The number of esters is 1. The molecule has 0 unspecified atom stereocenters. The molecule has 1 aromatic rings. The number of carbonyl (C=O) groups excluding carboxylic acids is 2. The molecule has 0 aliphatic rings. The summed E-state index contributed by atoms with van der Waals surface area (Å²) in [4.78, 5) is 23.0. The number of carbonyl (C=O) groups is 2. The van der Waals surface area contributed by atoms with Crippen LogP contribution in [-0.2, 0) is 14.3 Å². The molecule has 1 N–H and O–H groups in total. The highest BCUT2D eigenvalue weighted by atomic mass is 16.5. The zero-order valence-electron chi connectivity index (χ0n) is 11.0. The van der Waals surface area contributed by atoms with Gasteiger partial charge in [-0.2, -0.15) is 5.26 Å². The Morgan fingerprint density at radius 1 is 1.37 bits per heavy atom. The second-order valence-corrected chi connectivity index (χ2v) is 4.06. The highest BCUT2D eigenvalue weighted by Crippen LogP contribution is 2.10. The van der Waals surface area contributed by atoms with E-state index in [0.717, 1.165) is 0 Å². The molecule has 1 rings (SSSR count). The van der Waals surface area contributed by atoms with Gasteiger partial charge in [-0.1, -0.05) is 6.92 Å². The Morgan fingerprint density at radius 3 is 2.53 bits per heavy atom. The van der Waals surface area contributed by atoms with Gasteiger partial charge in [0.05, 0.1) is 11.6 Å². The summed E-state index contributed by atoms with van der Waals surface area (Å²) in [7, 11) is 0. The van der Waals surface area contributed by atoms with Gasteiger partial charge in [-0.05, 0) is 37.6 Å². The fourth-order valence-corrected chi connectivity index (χ4v) is 1.39. The molecule has 0 radical (unpaired) electrons. The molecule has 19 heavy (non-hydrogen) atoms. The smallest absolute Gasteiger partial charge is 0.306 e. The second kappa shape index (κ2) is 7.17. The third kappa shape index (κ3) is 4.80. The number of rotatable bonds is 5. The standard InChI is InChI=1S/C14H16N2O3/c1-3-4-13(17)19-10(2)14(18)16-12-7-5-11(9-15)6-8-12/h5-8,10H,3-4H2,1-2H3,(H,16,18)/t10-/m1/s1. The lowest BCUT2D eigenvalue weighted by molar-refractivity contribution is -0.153. The lowest BCUT2D eigenvalue weighted by atomic mass is 10.2. The van der Waals surface area contributed by atoms with E-state index >= 15 is 0 Å². The summed E-state index contributed by atoms with van der Waals surface area (Å²) < 4.78 is 4.97. The first-order chi connectivity index (χ1) is 9.06. The van der Waals surface area contributed by atoms with Crippen molar-refractivity contribution < 1.29 is 14.3 Å². The molecule has 0 bridgehead atoms. The number of nitriles is 1. The van der Waals surface area contributed by atoms with Gasteiger partial charge in [0.15, 0.2) is 6.10 Å². The molecule has 0 aliphatic heterocycles. The lowest BCUT2D eigenvalue weighted by Gasteiger charge is -2.13. The average molecular weight is 260 g/mol. The van der Waals surface area contributed by atoms with Crippen LogP contribution in [0.25, 0.3) is 0 Å². The highest BCUT2D eigenvalue weighted by Gasteiger charge is 2.17. The summed E-state index contributed by atoms with van der Waals surface area (Å²) >= 11 is 0. The lowest BCUT2D eigenvalue weighted by Crippen LogP contribution is -2.29. The van der Waals surface area contributed by atoms with E-state index in [2.05, 4.69) is 5.32 Å². The summed E-state index contributed by atoms with van der Waals surface area (Å²) in [5.41, 5.74) is 1.07. The summed E-state index contributed by atoms with van der Waals surface area (Å²) in [5.74, 6) is -0.779. The van der Waals surface area contributed by atoms with E-state index in [1.807, 2.05) is 13.0 Å². The third-order valence-electron chi connectivity index (χ3n) is 2.41. The molecule has 0 fully saturated rings. The Morgan fingerprint density at radius 2 is 2.00 bits per heavy atom. The minimum absolute atomic E-state index is 0.300. The second-order valence-electron chi connectivity index (χ2n) is 4.06. The van der Waals surface area contributed by atoms with E-state index in [1.54, 1.807) is 24.3 Å². The van der Waals surface area contributed by atoms with Crippen LogP contribution < -0.4 is 5.32 Å². The molecule has 100 valence electrons. The van der Waals surface area contributed by atoms with Gasteiger partial charge in [0.1, 0.15) is 0 Å². The normalized spacial score (nSPS) is 11.2. The van der Waals surface area contributed by atoms with Gasteiger partial charge in [-0.3, -0.25) is 9.59 Å². The zero-order chi connectivity index (χ0) is 14.3. The third-order valence-corrected chi connectivity index (χ3v) is 2.41. The fraction of sp³-hybridized carbons (Fsp3) is 0.357. The number of hydrogen-bond acceptors (Lipinski definition) is 4. The molecule has 5 heteroatoms. The van der Waals surface area contributed by atoms with Crippen LogP contribution >= 0.6 is 0 Å². The number of anilines is 1. The van der Waals surface area contributed by atoms with Crippen LogP contribution in [0.3, 0.4) is 0 Å². The molecule has 0 heterocycles. The van der Waals surface area contributed by atoms with E-state index in [0.29, 0.717) is 24.1 Å². The van der Waals surface area contributed by atoms with Gasteiger partial charge < -0.3 is 10.1 Å². The van der Waals surface area contributed by atoms with E-state index in [4.69, 9.17) is 10.00 Å². The first-order valence-electron chi connectivity index (χ1n) is 6.07. The predicted molar refractivity (Wildman–Crippen MR) is 70.2 cm³/mol. The van der Waals surface area contributed by atoms with Crippen LogP contribution in [0.15, 0.2) is 24.3 Å². The number of hydrogen-bond donors (Lipinski definition) is 1. The van der Waals surface area contributed by atoms with Gasteiger partial charge in [-0.15, -0.1) is 0 Å². The molecule has 1 aromatic carbocycles. The SMILES string of the molecule is CCCC(=O)O[C@H](C)C(=O)Nc1ccc(C#N)cc1. The van der Waals surface area contributed by atoms with Crippen molar-refractivity contribution >= 4 is 17.6 Å². The van der Waals surface area contributed by atoms with Crippen molar-refractivity contribution in [1.82, 2.24) is 0 Å². The first kappa shape index (κ1) is 14.7. The quantitative estimate of drug-likeness (QED) is 0.823. The van der Waals surface area contributed by atoms with Gasteiger partial charge in [0.25, 0.3) is 5.91 Å². The van der Waals surface area contributed by atoms with E-state index in [1.165, 1.54) is 6.92 Å². The van der Waals surface area contributed by atoms with Gasteiger partial charge in [0.2, 0.25) is 0 Å². The molecule has 5 nitrogen and oxygen atoms in total. The Balaban J connectivity index is 2.53. The minimum Gasteiger partial charge on any atom is -0.453 e. The van der Waals surface area contributed by atoms with Crippen molar-refractivity contribution in [3.05, 3.63) is 29.8 Å². The van der Waals surface area contributed by atoms with Crippen LogP contribution in [0.2, 0.25) is 0 Å². The Bertz CT molecular complexity index is 488. The van der Waals surface area contributed by atoms with Crippen LogP contribution in [0.4, 0.5) is 5.69 Å². The summed E-state index contributed by atoms with van der Waals surface area (Å²) in [6.45, 7) is 3.38. The number of nitrogens with one attached hydrogen (secondary N) is 1. The molecule has 0 saturated heterocycles. The van der Waals surface area contributed by atoms with Crippen LogP contribution in [0, 0.1) is 11.3 Å². The van der Waals surface area contributed by atoms with Crippen LogP contribution in [0.1, 0.15) is 32.3 Å². The molecule has 1 amide bonds. The van der Waals surface area contributed by atoms with Crippen molar-refractivity contribution in [2.75, 3.05) is 5.32 Å². The Labute approximate surface area is 112 Å². The van der Waals surface area contributed by atoms with E-state index in [9.17, 15) is 9.59 Å². The number of amides is 1. The average Bonchev–Trinajstić information content (AvgIpc) is 2.39. The molecular weight excluding hydrogens is 244 g/mol. The van der Waals surface area contributed by atoms with Gasteiger partial charge >= 0.3 is 5.97 Å². The van der Waals surface area contributed by atoms with E-state index in [-0.39, 0.29) is 5.97 Å². The number of benzene rings is 1. The molecule has 0 saturated carbocycles. The maximum absolute atomic E-state index is 11.8. The topological polar surface area (TPSA) is 79.2 Å². The molecule has 0 aliphatic carbocycles.